The summed E-state index contributed by atoms with van der Waals surface area (Å²) in [5.74, 6) is -0.00350. The van der Waals surface area contributed by atoms with E-state index in [-0.39, 0.29) is 18.4 Å². The number of nitrogens with zero attached hydrogens (tertiary/aromatic N) is 2. The van der Waals surface area contributed by atoms with E-state index in [0.29, 0.717) is 35.3 Å². The van der Waals surface area contributed by atoms with Gasteiger partial charge in [0.15, 0.2) is 0 Å². The van der Waals surface area contributed by atoms with Gasteiger partial charge in [-0.15, -0.1) is 0 Å². The van der Waals surface area contributed by atoms with Crippen LogP contribution in [0.25, 0.3) is 6.08 Å². The van der Waals surface area contributed by atoms with E-state index < -0.39 is 0 Å². The average molecular weight is 469 g/mol. The minimum absolute atomic E-state index is 0.0410. The summed E-state index contributed by atoms with van der Waals surface area (Å²) in [6, 6.07) is 19.5. The maximum absolute atomic E-state index is 12.7. The molecule has 2 aromatic carbocycles. The molecule has 7 heteroatoms. The molecule has 2 aromatic rings. The van der Waals surface area contributed by atoms with E-state index in [0.717, 1.165) is 30.4 Å². The number of unbranched alkanes of at least 4 members (excludes halogenated alkanes) is 2. The molecular formula is C25H28N2O3S2. The average Bonchev–Trinajstić information content (AvgIpc) is 3.07. The Bertz CT molecular complexity index is 948. The number of thioether (sulfide) groups is 1. The third kappa shape index (κ3) is 7.02. The number of rotatable bonds is 11. The van der Waals surface area contributed by atoms with Crippen LogP contribution in [-0.4, -0.2) is 50.7 Å². The van der Waals surface area contributed by atoms with E-state index in [4.69, 9.17) is 12.2 Å². The first-order valence-electron chi connectivity index (χ1n) is 10.8. The van der Waals surface area contributed by atoms with E-state index in [1.165, 1.54) is 11.8 Å². The molecule has 1 N–H and O–H groups in total. The van der Waals surface area contributed by atoms with Crippen LogP contribution in [0.15, 0.2) is 65.6 Å². The lowest BCUT2D eigenvalue weighted by molar-refractivity contribution is -0.132. The van der Waals surface area contributed by atoms with E-state index in [9.17, 15) is 14.7 Å². The second-order valence-corrected chi connectivity index (χ2v) is 9.25. The fraction of sp³-hybridized carbons (Fsp3) is 0.320. The molecule has 0 aromatic heterocycles. The summed E-state index contributed by atoms with van der Waals surface area (Å²) < 4.78 is 0.588. The van der Waals surface area contributed by atoms with Crippen molar-refractivity contribution in [1.29, 1.82) is 0 Å². The van der Waals surface area contributed by atoms with Crippen LogP contribution in [0.1, 0.15) is 36.8 Å². The summed E-state index contributed by atoms with van der Waals surface area (Å²) in [6.45, 7) is 1.35. The summed E-state index contributed by atoms with van der Waals surface area (Å²) in [4.78, 5) is 29.3. The number of aliphatic hydroxyl groups is 1. The number of benzene rings is 2. The van der Waals surface area contributed by atoms with Crippen molar-refractivity contribution in [2.24, 2.45) is 0 Å². The summed E-state index contributed by atoms with van der Waals surface area (Å²) in [7, 11) is 0. The highest BCUT2D eigenvalue weighted by Crippen LogP contribution is 2.32. The molecule has 0 atom stereocenters. The summed E-state index contributed by atoms with van der Waals surface area (Å²) >= 11 is 6.74. The highest BCUT2D eigenvalue weighted by molar-refractivity contribution is 8.26. The molecule has 168 valence electrons. The van der Waals surface area contributed by atoms with Crippen LogP contribution in [0.2, 0.25) is 0 Å². The lowest BCUT2D eigenvalue weighted by Crippen LogP contribution is -2.33. The van der Waals surface area contributed by atoms with Crippen molar-refractivity contribution in [3.63, 3.8) is 0 Å². The second kappa shape index (κ2) is 12.5. The predicted octanol–water partition coefficient (Wildman–Crippen LogP) is 4.47. The van der Waals surface area contributed by atoms with Gasteiger partial charge in [0.05, 0.1) is 11.5 Å². The first-order valence-corrected chi connectivity index (χ1v) is 12.0. The number of hydrogen-bond acceptors (Lipinski definition) is 5. The molecule has 5 nitrogen and oxygen atoms in total. The lowest BCUT2D eigenvalue weighted by Gasteiger charge is -2.22. The zero-order valence-electron chi connectivity index (χ0n) is 18.0. The third-order valence-electron chi connectivity index (χ3n) is 5.18. The van der Waals surface area contributed by atoms with Gasteiger partial charge in [0.1, 0.15) is 4.32 Å². The Balaban J connectivity index is 1.42. The Kier molecular flexibility index (Phi) is 9.46. The Labute approximate surface area is 199 Å². The van der Waals surface area contributed by atoms with Crippen molar-refractivity contribution in [2.75, 3.05) is 19.7 Å². The summed E-state index contributed by atoms with van der Waals surface area (Å²) in [6.07, 6.45) is 4.67. The minimum atomic E-state index is -0.0520. The minimum Gasteiger partial charge on any atom is -0.395 e. The maximum atomic E-state index is 12.7. The fourth-order valence-corrected chi connectivity index (χ4v) is 4.80. The van der Waals surface area contributed by atoms with Gasteiger partial charge in [0.25, 0.3) is 5.91 Å². The Morgan fingerprint density at radius 3 is 2.41 bits per heavy atom. The van der Waals surface area contributed by atoms with Crippen LogP contribution in [0.5, 0.6) is 0 Å². The van der Waals surface area contributed by atoms with Crippen molar-refractivity contribution in [3.8, 4) is 0 Å². The molecule has 1 fully saturated rings. The van der Waals surface area contributed by atoms with Gasteiger partial charge in [-0.25, -0.2) is 0 Å². The molecule has 1 saturated heterocycles. The van der Waals surface area contributed by atoms with Gasteiger partial charge < -0.3 is 10.0 Å². The number of amides is 2. The van der Waals surface area contributed by atoms with Gasteiger partial charge in [-0.1, -0.05) is 91.1 Å². The molecule has 1 aliphatic rings. The Morgan fingerprint density at radius 1 is 1.03 bits per heavy atom. The molecule has 32 heavy (non-hydrogen) atoms. The number of aliphatic hydroxyl groups excluding tert-OH is 1. The second-order valence-electron chi connectivity index (χ2n) is 7.58. The molecule has 1 aliphatic heterocycles. The van der Waals surface area contributed by atoms with E-state index in [1.54, 1.807) is 9.80 Å². The van der Waals surface area contributed by atoms with Crippen LogP contribution < -0.4 is 0 Å². The third-order valence-corrected chi connectivity index (χ3v) is 6.56. The fourth-order valence-electron chi connectivity index (χ4n) is 3.49. The SMILES string of the molecule is O=C(CCCCCN1C(=O)C(=Cc2ccccc2)SC1=S)N(CCO)Cc1ccccc1. The van der Waals surface area contributed by atoms with Crippen LogP contribution in [-0.2, 0) is 16.1 Å². The Hall–Kier alpha value is -2.48. The molecule has 0 radical (unpaired) electrons. The number of thiocarbonyl (C=S) groups is 1. The zero-order valence-corrected chi connectivity index (χ0v) is 19.6. The molecule has 0 unspecified atom stereocenters. The van der Waals surface area contributed by atoms with Gasteiger partial charge in [0.2, 0.25) is 5.91 Å². The molecular weight excluding hydrogens is 440 g/mol. The van der Waals surface area contributed by atoms with Crippen molar-refractivity contribution in [1.82, 2.24) is 9.80 Å². The van der Waals surface area contributed by atoms with Crippen molar-refractivity contribution in [3.05, 3.63) is 76.7 Å². The predicted molar refractivity (Wildman–Crippen MR) is 134 cm³/mol. The van der Waals surface area contributed by atoms with Crippen LogP contribution in [0.3, 0.4) is 0 Å². The molecule has 0 spiro atoms. The molecule has 2 amide bonds. The molecule has 1 heterocycles. The van der Waals surface area contributed by atoms with Gasteiger partial charge >= 0.3 is 0 Å². The summed E-state index contributed by atoms with van der Waals surface area (Å²) in [5, 5.41) is 9.31. The highest BCUT2D eigenvalue weighted by Gasteiger charge is 2.31. The van der Waals surface area contributed by atoms with Crippen LogP contribution in [0, 0.1) is 0 Å². The van der Waals surface area contributed by atoms with Crippen molar-refractivity contribution >= 4 is 46.2 Å². The number of carbonyl (C=O) groups excluding carboxylic acids is 2. The largest absolute Gasteiger partial charge is 0.395 e. The van der Waals surface area contributed by atoms with Crippen LogP contribution in [0.4, 0.5) is 0 Å². The normalized spacial score (nSPS) is 14.9. The van der Waals surface area contributed by atoms with Gasteiger partial charge in [-0.05, 0) is 30.0 Å². The van der Waals surface area contributed by atoms with Crippen LogP contribution >= 0.6 is 24.0 Å². The molecule has 0 aliphatic carbocycles. The topological polar surface area (TPSA) is 60.9 Å². The van der Waals surface area contributed by atoms with E-state index >= 15 is 0 Å². The zero-order chi connectivity index (χ0) is 22.8. The van der Waals surface area contributed by atoms with Crippen molar-refractivity contribution < 1.29 is 14.7 Å². The first kappa shape index (κ1) is 24.2. The lowest BCUT2D eigenvalue weighted by atomic mass is 10.1. The Morgan fingerprint density at radius 2 is 1.72 bits per heavy atom. The maximum Gasteiger partial charge on any atom is 0.266 e. The molecule has 0 bridgehead atoms. The van der Waals surface area contributed by atoms with E-state index in [2.05, 4.69) is 0 Å². The number of carbonyl (C=O) groups is 2. The van der Waals surface area contributed by atoms with Gasteiger partial charge in [-0.3, -0.25) is 14.5 Å². The standard InChI is InChI=1S/C25H28N2O3S2/c28-17-16-26(19-21-12-6-2-7-13-21)23(29)14-8-3-9-15-27-24(30)22(32-25(27)31)18-20-10-4-1-5-11-20/h1-2,4-7,10-13,18,28H,3,8-9,14-17,19H2. The molecule has 3 rings (SSSR count). The monoisotopic (exact) mass is 468 g/mol. The van der Waals surface area contributed by atoms with E-state index in [1.807, 2.05) is 66.7 Å². The van der Waals surface area contributed by atoms with Crippen molar-refractivity contribution in [2.45, 2.75) is 32.2 Å². The van der Waals surface area contributed by atoms with Gasteiger partial charge in [0, 0.05) is 26.1 Å². The number of hydrogen-bond donors (Lipinski definition) is 1. The molecule has 0 saturated carbocycles. The highest BCUT2D eigenvalue weighted by atomic mass is 32.2. The summed E-state index contributed by atoms with van der Waals surface area (Å²) in [5.41, 5.74) is 2.03. The smallest absolute Gasteiger partial charge is 0.266 e. The quantitative estimate of drug-likeness (QED) is 0.300. The van der Waals surface area contributed by atoms with Gasteiger partial charge in [-0.2, -0.15) is 0 Å². The first-order chi connectivity index (χ1) is 15.6.